The lowest BCUT2D eigenvalue weighted by Gasteiger charge is -2.17. The summed E-state index contributed by atoms with van der Waals surface area (Å²) >= 11 is 0. The van der Waals surface area contributed by atoms with Gasteiger partial charge < -0.3 is 23.7 Å². The second kappa shape index (κ2) is 9.51. The highest BCUT2D eigenvalue weighted by Gasteiger charge is 2.19. The van der Waals surface area contributed by atoms with Crippen molar-refractivity contribution in [2.75, 3.05) is 42.2 Å². The molecule has 6 heteroatoms. The van der Waals surface area contributed by atoms with Crippen LogP contribution in [0.25, 0.3) is 11.1 Å². The van der Waals surface area contributed by atoms with Crippen LogP contribution in [0.2, 0.25) is 0 Å². The van der Waals surface area contributed by atoms with Crippen LogP contribution < -0.4 is 14.2 Å². The lowest BCUT2D eigenvalue weighted by atomic mass is 9.96. The SMILES string of the molecule is COCC#Cc1cc(C(=O)OC)ccc1-c1ccc(OC)c(OC)c1OC. The molecule has 0 bridgehead atoms. The summed E-state index contributed by atoms with van der Waals surface area (Å²) in [5, 5.41) is 0. The number of methoxy groups -OCH3 is 5. The van der Waals surface area contributed by atoms with E-state index in [0.29, 0.717) is 28.4 Å². The van der Waals surface area contributed by atoms with Crippen LogP contribution in [0.4, 0.5) is 0 Å². The molecule has 0 aromatic heterocycles. The molecule has 0 amide bonds. The fraction of sp³-hybridized carbons (Fsp3) is 0.286. The van der Waals surface area contributed by atoms with Crippen molar-refractivity contribution in [3.63, 3.8) is 0 Å². The van der Waals surface area contributed by atoms with Crippen molar-refractivity contribution in [2.45, 2.75) is 0 Å². The standard InChI is InChI=1S/C21H22O6/c1-23-12-6-7-14-13-15(21(22)27-5)8-9-16(14)17-10-11-18(24-2)20(26-4)19(17)25-3/h8-11,13H,12H2,1-5H3. The highest BCUT2D eigenvalue weighted by molar-refractivity contribution is 5.92. The van der Waals surface area contributed by atoms with Gasteiger partial charge in [-0.3, -0.25) is 0 Å². The number of ether oxygens (including phenoxy) is 5. The molecule has 0 fully saturated rings. The van der Waals surface area contributed by atoms with Gasteiger partial charge in [0.2, 0.25) is 5.75 Å². The van der Waals surface area contributed by atoms with Crippen LogP contribution in [0.5, 0.6) is 17.2 Å². The molecule has 2 rings (SSSR count). The lowest BCUT2D eigenvalue weighted by Crippen LogP contribution is -2.03. The third-order valence-electron chi connectivity index (χ3n) is 3.87. The minimum absolute atomic E-state index is 0.269. The Kier molecular flexibility index (Phi) is 7.09. The molecule has 6 nitrogen and oxygen atoms in total. The molecule has 2 aromatic carbocycles. The second-order valence-corrected chi connectivity index (χ2v) is 5.37. The Labute approximate surface area is 159 Å². The fourth-order valence-electron chi connectivity index (χ4n) is 2.64. The van der Waals surface area contributed by atoms with E-state index in [4.69, 9.17) is 23.7 Å². The maximum Gasteiger partial charge on any atom is 0.337 e. The number of hydrogen-bond acceptors (Lipinski definition) is 6. The van der Waals surface area contributed by atoms with E-state index >= 15 is 0 Å². The monoisotopic (exact) mass is 370 g/mol. The topological polar surface area (TPSA) is 63.2 Å². The van der Waals surface area contributed by atoms with Crippen LogP contribution in [0.1, 0.15) is 15.9 Å². The average molecular weight is 370 g/mol. The molecule has 0 saturated carbocycles. The first kappa shape index (κ1) is 20.1. The normalized spacial score (nSPS) is 9.81. The number of rotatable bonds is 6. The summed E-state index contributed by atoms with van der Waals surface area (Å²) in [4.78, 5) is 11.9. The predicted molar refractivity (Wildman–Crippen MR) is 102 cm³/mol. The Hall–Kier alpha value is -3.17. The summed E-state index contributed by atoms with van der Waals surface area (Å²) in [5.74, 6) is 7.06. The minimum Gasteiger partial charge on any atom is -0.493 e. The van der Waals surface area contributed by atoms with E-state index in [-0.39, 0.29) is 6.61 Å². The maximum atomic E-state index is 11.9. The van der Waals surface area contributed by atoms with Gasteiger partial charge in [-0.25, -0.2) is 4.79 Å². The summed E-state index contributed by atoms with van der Waals surface area (Å²) < 4.78 is 26.2. The van der Waals surface area contributed by atoms with E-state index in [9.17, 15) is 4.79 Å². The zero-order chi connectivity index (χ0) is 19.8. The van der Waals surface area contributed by atoms with Crippen molar-refractivity contribution in [1.29, 1.82) is 0 Å². The number of benzene rings is 2. The van der Waals surface area contributed by atoms with E-state index in [1.165, 1.54) is 7.11 Å². The molecule has 0 aliphatic heterocycles. The zero-order valence-electron chi connectivity index (χ0n) is 16.0. The first-order chi connectivity index (χ1) is 13.1. The average Bonchev–Trinajstić information content (AvgIpc) is 2.71. The van der Waals surface area contributed by atoms with Gasteiger partial charge in [0.1, 0.15) is 6.61 Å². The Balaban J connectivity index is 2.70. The van der Waals surface area contributed by atoms with Crippen molar-refractivity contribution in [2.24, 2.45) is 0 Å². The highest BCUT2D eigenvalue weighted by Crippen LogP contribution is 2.45. The molecule has 0 spiro atoms. The van der Waals surface area contributed by atoms with Crippen LogP contribution in [0.15, 0.2) is 30.3 Å². The molecule has 0 atom stereocenters. The van der Waals surface area contributed by atoms with Gasteiger partial charge in [-0.2, -0.15) is 0 Å². The fourth-order valence-corrected chi connectivity index (χ4v) is 2.64. The molecule has 0 aliphatic rings. The quantitative estimate of drug-likeness (QED) is 0.575. The van der Waals surface area contributed by atoms with E-state index in [2.05, 4.69) is 11.8 Å². The van der Waals surface area contributed by atoms with E-state index in [0.717, 1.165) is 11.1 Å². The first-order valence-electron chi connectivity index (χ1n) is 8.10. The summed E-state index contributed by atoms with van der Waals surface area (Å²) in [6.45, 7) is 0.269. The highest BCUT2D eigenvalue weighted by atomic mass is 16.5. The smallest absolute Gasteiger partial charge is 0.337 e. The Morgan fingerprint density at radius 2 is 1.59 bits per heavy atom. The van der Waals surface area contributed by atoms with Gasteiger partial charge in [0.25, 0.3) is 0 Å². The molecule has 0 saturated heterocycles. The minimum atomic E-state index is -0.435. The van der Waals surface area contributed by atoms with Crippen molar-refractivity contribution in [3.8, 4) is 40.2 Å². The maximum absolute atomic E-state index is 11.9. The van der Waals surface area contributed by atoms with Crippen molar-refractivity contribution >= 4 is 5.97 Å². The van der Waals surface area contributed by atoms with Gasteiger partial charge in [-0.15, -0.1) is 0 Å². The molecular formula is C21H22O6. The Morgan fingerprint density at radius 3 is 2.19 bits per heavy atom. The molecule has 0 unspecified atom stereocenters. The summed E-state index contributed by atoms with van der Waals surface area (Å²) in [6.07, 6.45) is 0. The van der Waals surface area contributed by atoms with Gasteiger partial charge in [0.05, 0.1) is 34.0 Å². The van der Waals surface area contributed by atoms with Crippen molar-refractivity contribution < 1.29 is 28.5 Å². The van der Waals surface area contributed by atoms with Crippen LogP contribution in [-0.2, 0) is 9.47 Å². The van der Waals surface area contributed by atoms with Gasteiger partial charge in [0, 0.05) is 23.8 Å². The van der Waals surface area contributed by atoms with Crippen LogP contribution in [0, 0.1) is 11.8 Å². The molecule has 2 aromatic rings. The Bertz CT molecular complexity index is 876. The third-order valence-corrected chi connectivity index (χ3v) is 3.87. The van der Waals surface area contributed by atoms with Crippen LogP contribution in [-0.4, -0.2) is 48.1 Å². The first-order valence-corrected chi connectivity index (χ1v) is 8.10. The van der Waals surface area contributed by atoms with Crippen molar-refractivity contribution in [1.82, 2.24) is 0 Å². The van der Waals surface area contributed by atoms with Gasteiger partial charge >= 0.3 is 5.97 Å². The molecular weight excluding hydrogens is 348 g/mol. The van der Waals surface area contributed by atoms with Gasteiger partial charge in [-0.1, -0.05) is 17.9 Å². The van der Waals surface area contributed by atoms with Crippen LogP contribution in [0.3, 0.4) is 0 Å². The van der Waals surface area contributed by atoms with Gasteiger partial charge in [-0.05, 0) is 24.3 Å². The van der Waals surface area contributed by atoms with E-state index < -0.39 is 5.97 Å². The zero-order valence-corrected chi connectivity index (χ0v) is 16.0. The number of carbonyl (C=O) groups is 1. The van der Waals surface area contributed by atoms with Crippen molar-refractivity contribution in [3.05, 3.63) is 41.5 Å². The lowest BCUT2D eigenvalue weighted by molar-refractivity contribution is 0.0600. The number of hydrogen-bond donors (Lipinski definition) is 0. The van der Waals surface area contributed by atoms with E-state index in [1.54, 1.807) is 52.7 Å². The summed E-state index contributed by atoms with van der Waals surface area (Å²) in [7, 11) is 7.56. The number of carbonyl (C=O) groups excluding carboxylic acids is 1. The van der Waals surface area contributed by atoms with Gasteiger partial charge in [0.15, 0.2) is 11.5 Å². The second-order valence-electron chi connectivity index (χ2n) is 5.37. The molecule has 0 aliphatic carbocycles. The third kappa shape index (κ3) is 4.33. The Morgan fingerprint density at radius 1 is 0.889 bits per heavy atom. The van der Waals surface area contributed by atoms with Crippen LogP contribution >= 0.6 is 0 Å². The molecule has 0 N–H and O–H groups in total. The summed E-state index contributed by atoms with van der Waals surface area (Å²) in [6, 6.07) is 8.80. The summed E-state index contributed by atoms with van der Waals surface area (Å²) in [5.41, 5.74) is 2.58. The largest absolute Gasteiger partial charge is 0.493 e. The predicted octanol–water partition coefficient (Wildman–Crippen LogP) is 3.16. The molecule has 27 heavy (non-hydrogen) atoms. The molecule has 0 heterocycles. The molecule has 0 radical (unpaired) electrons. The molecule has 142 valence electrons. The number of esters is 1. The van der Waals surface area contributed by atoms with E-state index in [1.807, 2.05) is 6.07 Å².